The number of carbonyl (C=O) groups excluding carboxylic acids is 1. The van der Waals surface area contributed by atoms with Crippen LogP contribution in [0.4, 0.5) is 5.69 Å². The van der Waals surface area contributed by atoms with Gasteiger partial charge in [-0.2, -0.15) is 0 Å². The molecule has 0 aliphatic carbocycles. The molecule has 0 fully saturated rings. The van der Waals surface area contributed by atoms with Crippen LogP contribution in [0.3, 0.4) is 0 Å². The molecule has 0 atom stereocenters. The van der Waals surface area contributed by atoms with E-state index in [9.17, 15) is 4.79 Å². The number of nitrogens with zero attached hydrogens (tertiary/aromatic N) is 1. The molecule has 1 aromatic heterocycles. The van der Waals surface area contributed by atoms with E-state index < -0.39 is 0 Å². The van der Waals surface area contributed by atoms with Crippen molar-refractivity contribution in [3.05, 3.63) is 69.6 Å². The number of benzene rings is 2. The third-order valence-corrected chi connectivity index (χ3v) is 4.09. The average Bonchev–Trinajstić information content (AvgIpc) is 2.91. The number of aromatic nitrogens is 1. The van der Waals surface area contributed by atoms with Crippen molar-refractivity contribution < 1.29 is 9.21 Å². The van der Waals surface area contributed by atoms with E-state index in [1.807, 2.05) is 61.5 Å². The quantitative estimate of drug-likeness (QED) is 0.638. The molecule has 0 unspecified atom stereocenters. The summed E-state index contributed by atoms with van der Waals surface area (Å²) in [5.74, 6) is 1.10. The molecule has 1 amide bonds. The molecule has 23 heavy (non-hydrogen) atoms. The predicted molar refractivity (Wildman–Crippen MR) is 98.2 cm³/mol. The molecule has 1 N–H and O–H groups in total. The number of amides is 1. The summed E-state index contributed by atoms with van der Waals surface area (Å²) in [6, 6.07) is 17.3. The fourth-order valence-electron chi connectivity index (χ4n) is 2.19. The summed E-state index contributed by atoms with van der Waals surface area (Å²) in [4.78, 5) is 16.6. The molecular weight excluding hydrogens is 403 g/mol. The van der Waals surface area contributed by atoms with Gasteiger partial charge in [-0.15, -0.1) is 0 Å². The van der Waals surface area contributed by atoms with E-state index in [2.05, 4.69) is 32.9 Å². The van der Waals surface area contributed by atoms with Gasteiger partial charge in [0.1, 0.15) is 5.76 Å². The Bertz CT molecular complexity index is 811. The Kier molecular flexibility index (Phi) is 4.76. The van der Waals surface area contributed by atoms with Crippen LogP contribution in [0, 0.1) is 10.5 Å². The van der Waals surface area contributed by atoms with E-state index in [1.54, 1.807) is 0 Å². The lowest BCUT2D eigenvalue weighted by atomic mass is 10.2. The van der Waals surface area contributed by atoms with Crippen LogP contribution in [0.5, 0.6) is 0 Å². The molecule has 5 heteroatoms. The summed E-state index contributed by atoms with van der Waals surface area (Å²) in [7, 11) is 0. The molecule has 3 rings (SSSR count). The van der Waals surface area contributed by atoms with Gasteiger partial charge in [-0.1, -0.05) is 18.2 Å². The summed E-state index contributed by atoms with van der Waals surface area (Å²) >= 11 is 2.23. The highest BCUT2D eigenvalue weighted by molar-refractivity contribution is 14.1. The largest absolute Gasteiger partial charge is 0.441 e. The van der Waals surface area contributed by atoms with Crippen LogP contribution in [-0.2, 0) is 11.2 Å². The third kappa shape index (κ3) is 3.98. The number of hydrogen-bond donors (Lipinski definition) is 1. The van der Waals surface area contributed by atoms with Crippen molar-refractivity contribution >= 4 is 34.2 Å². The topological polar surface area (TPSA) is 55.1 Å². The monoisotopic (exact) mass is 418 g/mol. The van der Waals surface area contributed by atoms with Gasteiger partial charge in [0.2, 0.25) is 11.8 Å². The second-order valence-corrected chi connectivity index (χ2v) is 6.37. The van der Waals surface area contributed by atoms with Crippen molar-refractivity contribution in [1.29, 1.82) is 0 Å². The fraction of sp³-hybridized carbons (Fsp3) is 0.111. The first kappa shape index (κ1) is 15.7. The van der Waals surface area contributed by atoms with Crippen LogP contribution in [0.25, 0.3) is 11.5 Å². The van der Waals surface area contributed by atoms with Crippen molar-refractivity contribution in [1.82, 2.24) is 4.98 Å². The lowest BCUT2D eigenvalue weighted by Gasteiger charge is -2.04. The number of oxazole rings is 1. The standard InChI is InChI=1S/C18H15IN2O2/c1-12-16(21-18(23-12)13-5-3-2-4-6-13)11-17(22)20-15-9-7-14(19)8-10-15/h2-10H,11H2,1H3,(H,20,22). The van der Waals surface area contributed by atoms with Gasteiger partial charge in [-0.05, 0) is 65.9 Å². The van der Waals surface area contributed by atoms with E-state index in [0.29, 0.717) is 17.3 Å². The van der Waals surface area contributed by atoms with E-state index in [4.69, 9.17) is 4.42 Å². The zero-order chi connectivity index (χ0) is 16.2. The average molecular weight is 418 g/mol. The Labute approximate surface area is 148 Å². The molecule has 2 aromatic carbocycles. The highest BCUT2D eigenvalue weighted by Crippen LogP contribution is 2.22. The first-order valence-electron chi connectivity index (χ1n) is 7.19. The Hall–Kier alpha value is -2.15. The predicted octanol–water partition coefficient (Wildman–Crippen LogP) is 4.44. The summed E-state index contributed by atoms with van der Waals surface area (Å²) in [6.45, 7) is 1.83. The van der Waals surface area contributed by atoms with Gasteiger partial charge in [-0.25, -0.2) is 4.98 Å². The van der Waals surface area contributed by atoms with Crippen LogP contribution in [-0.4, -0.2) is 10.9 Å². The normalized spacial score (nSPS) is 10.5. The molecule has 1 heterocycles. The van der Waals surface area contributed by atoms with Gasteiger partial charge in [0.15, 0.2) is 0 Å². The van der Waals surface area contributed by atoms with E-state index in [1.165, 1.54) is 0 Å². The molecule has 4 nitrogen and oxygen atoms in total. The van der Waals surface area contributed by atoms with Crippen molar-refractivity contribution in [2.45, 2.75) is 13.3 Å². The number of rotatable bonds is 4. The number of nitrogens with one attached hydrogen (secondary N) is 1. The van der Waals surface area contributed by atoms with Crippen LogP contribution in [0.15, 0.2) is 59.0 Å². The second kappa shape index (κ2) is 6.95. The van der Waals surface area contributed by atoms with E-state index >= 15 is 0 Å². The highest BCUT2D eigenvalue weighted by atomic mass is 127. The van der Waals surface area contributed by atoms with Gasteiger partial charge >= 0.3 is 0 Å². The summed E-state index contributed by atoms with van der Waals surface area (Å²) in [6.07, 6.45) is 0.189. The highest BCUT2D eigenvalue weighted by Gasteiger charge is 2.14. The fourth-order valence-corrected chi connectivity index (χ4v) is 2.55. The minimum atomic E-state index is -0.109. The molecule has 0 saturated heterocycles. The summed E-state index contributed by atoms with van der Waals surface area (Å²) in [5, 5.41) is 2.87. The lowest BCUT2D eigenvalue weighted by Crippen LogP contribution is -2.15. The Morgan fingerprint density at radius 3 is 2.52 bits per heavy atom. The van der Waals surface area contributed by atoms with Crippen LogP contribution in [0.1, 0.15) is 11.5 Å². The Morgan fingerprint density at radius 2 is 1.83 bits per heavy atom. The van der Waals surface area contributed by atoms with Crippen LogP contribution in [0.2, 0.25) is 0 Å². The first-order chi connectivity index (χ1) is 11.1. The Morgan fingerprint density at radius 1 is 1.13 bits per heavy atom. The van der Waals surface area contributed by atoms with Crippen molar-refractivity contribution in [3.8, 4) is 11.5 Å². The zero-order valence-corrected chi connectivity index (χ0v) is 14.7. The molecule has 116 valence electrons. The number of hydrogen-bond acceptors (Lipinski definition) is 3. The SMILES string of the molecule is Cc1oc(-c2ccccc2)nc1CC(=O)Nc1ccc(I)cc1. The van der Waals surface area contributed by atoms with Gasteiger partial charge in [-0.3, -0.25) is 4.79 Å². The number of anilines is 1. The number of carbonyl (C=O) groups is 1. The molecule has 3 aromatic rings. The molecule has 0 saturated carbocycles. The number of aryl methyl sites for hydroxylation is 1. The van der Waals surface area contributed by atoms with Crippen LogP contribution >= 0.6 is 22.6 Å². The van der Waals surface area contributed by atoms with Crippen molar-refractivity contribution in [2.75, 3.05) is 5.32 Å². The van der Waals surface area contributed by atoms with Gasteiger partial charge in [0.05, 0.1) is 12.1 Å². The summed E-state index contributed by atoms with van der Waals surface area (Å²) in [5.41, 5.74) is 2.34. The first-order valence-corrected chi connectivity index (χ1v) is 8.27. The maximum Gasteiger partial charge on any atom is 0.230 e. The zero-order valence-electron chi connectivity index (χ0n) is 12.5. The van der Waals surface area contributed by atoms with E-state index in [0.717, 1.165) is 14.8 Å². The molecule has 0 spiro atoms. The molecule has 0 aliphatic heterocycles. The Balaban J connectivity index is 1.71. The number of halogens is 1. The molecule has 0 aliphatic rings. The molecule has 0 radical (unpaired) electrons. The summed E-state index contributed by atoms with van der Waals surface area (Å²) < 4.78 is 6.80. The van der Waals surface area contributed by atoms with Crippen LogP contribution < -0.4 is 5.32 Å². The van der Waals surface area contributed by atoms with E-state index in [-0.39, 0.29) is 12.3 Å². The third-order valence-electron chi connectivity index (χ3n) is 3.37. The van der Waals surface area contributed by atoms with Gasteiger partial charge in [0.25, 0.3) is 0 Å². The molecular formula is C18H15IN2O2. The smallest absolute Gasteiger partial charge is 0.230 e. The minimum Gasteiger partial charge on any atom is -0.441 e. The van der Waals surface area contributed by atoms with Crippen molar-refractivity contribution in [3.63, 3.8) is 0 Å². The molecule has 0 bridgehead atoms. The van der Waals surface area contributed by atoms with Gasteiger partial charge in [0, 0.05) is 14.8 Å². The maximum atomic E-state index is 12.2. The second-order valence-electron chi connectivity index (χ2n) is 5.12. The lowest BCUT2D eigenvalue weighted by molar-refractivity contribution is -0.115. The van der Waals surface area contributed by atoms with Gasteiger partial charge < -0.3 is 9.73 Å². The minimum absolute atomic E-state index is 0.109. The van der Waals surface area contributed by atoms with Crippen molar-refractivity contribution in [2.24, 2.45) is 0 Å². The maximum absolute atomic E-state index is 12.2.